The Bertz CT molecular complexity index is 1000. The van der Waals surface area contributed by atoms with Crippen LogP contribution >= 0.6 is 0 Å². The molecule has 2 heterocycles. The molecule has 1 aromatic carbocycles. The van der Waals surface area contributed by atoms with Crippen molar-refractivity contribution in [1.29, 1.82) is 0 Å². The number of carbonyl (C=O) groups excluding carboxylic acids is 2. The minimum absolute atomic E-state index is 0.0186. The van der Waals surface area contributed by atoms with Gasteiger partial charge in [0, 0.05) is 12.1 Å². The lowest BCUT2D eigenvalue weighted by atomic mass is 9.37. The third kappa shape index (κ3) is 2.33. The van der Waals surface area contributed by atoms with E-state index in [2.05, 4.69) is 4.98 Å². The van der Waals surface area contributed by atoms with Crippen LogP contribution in [0.4, 0.5) is 5.69 Å². The van der Waals surface area contributed by atoms with Gasteiger partial charge < -0.3 is 5.73 Å². The molecule has 1 fully saturated rings. The number of hydrogen-bond acceptors (Lipinski definition) is 5. The molecule has 0 saturated carbocycles. The molecule has 3 N–H and O–H groups in total. The Labute approximate surface area is 148 Å². The van der Waals surface area contributed by atoms with E-state index in [-0.39, 0.29) is 22.4 Å². The molecule has 11 heteroatoms. The fourth-order valence-corrected chi connectivity index (χ4v) is 3.08. The largest absolute Gasteiger partial charge is 0.398 e. The summed E-state index contributed by atoms with van der Waals surface area (Å²) < 4.78 is 0.865. The molecule has 1 unspecified atom stereocenters. The van der Waals surface area contributed by atoms with Crippen LogP contribution in [0.15, 0.2) is 16.9 Å². The van der Waals surface area contributed by atoms with Crippen molar-refractivity contribution in [3.8, 4) is 0 Å². The molecular formula is C14H10B4N4O3. The zero-order chi connectivity index (χ0) is 18.7. The first kappa shape index (κ1) is 17.4. The van der Waals surface area contributed by atoms with Crippen molar-refractivity contribution in [2.24, 2.45) is 0 Å². The molecule has 7 nitrogen and oxygen atoms in total. The first-order valence-electron chi connectivity index (χ1n) is 7.29. The summed E-state index contributed by atoms with van der Waals surface area (Å²) in [6, 6.07) is 2.85. The molecule has 116 valence electrons. The van der Waals surface area contributed by atoms with Crippen LogP contribution in [0.25, 0.3) is 10.9 Å². The number of nitrogens with two attached hydrogens (primary N) is 1. The van der Waals surface area contributed by atoms with Crippen LogP contribution in [-0.2, 0) is 15.0 Å². The normalized spacial score (nSPS) is 22.8. The molecule has 0 aliphatic carbocycles. The highest BCUT2D eigenvalue weighted by Gasteiger charge is 2.52. The molecule has 2 aromatic rings. The van der Waals surface area contributed by atoms with E-state index in [9.17, 15) is 14.4 Å². The summed E-state index contributed by atoms with van der Waals surface area (Å²) in [5, 5.41) is 0.0523. The summed E-state index contributed by atoms with van der Waals surface area (Å²) in [6.45, 7) is 1.45. The van der Waals surface area contributed by atoms with Crippen molar-refractivity contribution in [3.05, 3.63) is 28.3 Å². The summed E-state index contributed by atoms with van der Waals surface area (Å²) >= 11 is 0. The number of piperidine rings is 1. The van der Waals surface area contributed by atoms with E-state index < -0.39 is 34.4 Å². The second-order valence-electron chi connectivity index (χ2n) is 6.16. The topological polar surface area (TPSA) is 107 Å². The van der Waals surface area contributed by atoms with Crippen LogP contribution in [0.1, 0.15) is 12.2 Å². The lowest BCUT2D eigenvalue weighted by Gasteiger charge is -2.48. The van der Waals surface area contributed by atoms with E-state index >= 15 is 0 Å². The minimum atomic E-state index is -2.24. The number of carbonyl (C=O) groups is 2. The van der Waals surface area contributed by atoms with Crippen molar-refractivity contribution in [1.82, 2.24) is 14.9 Å². The van der Waals surface area contributed by atoms with Crippen LogP contribution in [0.3, 0.4) is 0 Å². The van der Waals surface area contributed by atoms with Crippen molar-refractivity contribution < 1.29 is 9.59 Å². The standard InChI is InChI=1S/C14H10B4N4O3/c1-5-20-8-3-6(15)2-7(19)10(8)11(24)22(5)14(18)12(25)21-9(23)4-13(14,16)17/h2-3H,4,19H2,1H3,(H,21,23,25). The van der Waals surface area contributed by atoms with Crippen LogP contribution in [-0.4, -0.2) is 52.8 Å². The monoisotopic (exact) mass is 326 g/mol. The molecule has 0 bridgehead atoms. The van der Waals surface area contributed by atoms with Crippen LogP contribution in [0, 0.1) is 6.92 Å². The van der Waals surface area contributed by atoms with Crippen LogP contribution < -0.4 is 22.1 Å². The molecule has 1 aliphatic rings. The van der Waals surface area contributed by atoms with E-state index in [4.69, 9.17) is 37.1 Å². The first-order chi connectivity index (χ1) is 11.5. The Balaban J connectivity index is 2.41. The summed E-state index contributed by atoms with van der Waals surface area (Å²) in [5.41, 5.74) is 3.56. The summed E-state index contributed by atoms with van der Waals surface area (Å²) in [4.78, 5) is 41.4. The summed E-state index contributed by atoms with van der Waals surface area (Å²) in [5.74, 6) is -1.63. The Morgan fingerprint density at radius 2 is 1.88 bits per heavy atom. The van der Waals surface area contributed by atoms with Gasteiger partial charge in [-0.15, -0.1) is 0 Å². The summed E-state index contributed by atoms with van der Waals surface area (Å²) in [6.07, 6.45) is -0.462. The average molecular weight is 326 g/mol. The van der Waals surface area contributed by atoms with Crippen molar-refractivity contribution in [2.75, 3.05) is 5.73 Å². The third-order valence-electron chi connectivity index (χ3n) is 4.31. The van der Waals surface area contributed by atoms with Gasteiger partial charge in [-0.05, 0) is 19.1 Å². The smallest absolute Gasteiger partial charge is 0.263 e. The highest BCUT2D eigenvalue weighted by molar-refractivity contribution is 6.50. The number of nitrogens with one attached hydrogen (secondary N) is 1. The molecule has 3 rings (SSSR count). The molecule has 2 amide bonds. The van der Waals surface area contributed by atoms with Gasteiger partial charge in [0.2, 0.25) is 11.8 Å². The maximum absolute atomic E-state index is 13.0. The predicted molar refractivity (Wildman–Crippen MR) is 96.2 cm³/mol. The predicted octanol–water partition coefficient (Wildman–Crippen LogP) is -2.60. The number of benzene rings is 1. The van der Waals surface area contributed by atoms with E-state index in [1.165, 1.54) is 19.1 Å². The zero-order valence-electron chi connectivity index (χ0n) is 13.4. The molecule has 1 aromatic heterocycles. The highest BCUT2D eigenvalue weighted by atomic mass is 16.2. The fourth-order valence-electron chi connectivity index (χ4n) is 3.08. The quantitative estimate of drug-likeness (QED) is 0.340. The van der Waals surface area contributed by atoms with E-state index in [0.29, 0.717) is 5.46 Å². The van der Waals surface area contributed by atoms with Crippen LogP contribution in [0.2, 0.25) is 5.21 Å². The summed E-state index contributed by atoms with van der Waals surface area (Å²) in [7, 11) is 23.8. The van der Waals surface area contributed by atoms with Crippen molar-refractivity contribution in [2.45, 2.75) is 24.0 Å². The SMILES string of the molecule is [B]c1cc(N)c2c(=O)n(C3([B])C(=O)NC(=O)CC3([B])[B])c(C)nc2c1. The van der Waals surface area contributed by atoms with E-state index in [1.807, 2.05) is 5.32 Å². The van der Waals surface area contributed by atoms with Gasteiger partial charge in [-0.25, -0.2) is 4.98 Å². The molecule has 1 atom stereocenters. The number of rotatable bonds is 1. The second-order valence-corrected chi connectivity index (χ2v) is 6.16. The maximum Gasteiger partial charge on any atom is 0.263 e. The molecule has 8 radical (unpaired) electrons. The number of hydrogen-bond donors (Lipinski definition) is 2. The maximum atomic E-state index is 13.0. The number of imide groups is 1. The van der Waals surface area contributed by atoms with Gasteiger partial charge in [0.05, 0.1) is 32.0 Å². The number of amides is 2. The van der Waals surface area contributed by atoms with Gasteiger partial charge in [0.15, 0.2) is 0 Å². The minimum Gasteiger partial charge on any atom is -0.398 e. The number of aryl methyl sites for hydroxylation is 1. The number of nitrogens with zero attached hydrogens (tertiary/aromatic N) is 2. The molecular weight excluding hydrogens is 315 g/mol. The molecule has 25 heavy (non-hydrogen) atoms. The first-order valence-corrected chi connectivity index (χ1v) is 7.29. The van der Waals surface area contributed by atoms with Gasteiger partial charge in [0.1, 0.15) is 21.5 Å². The third-order valence-corrected chi connectivity index (χ3v) is 4.31. The Kier molecular flexibility index (Phi) is 3.67. The van der Waals surface area contributed by atoms with Crippen molar-refractivity contribution >= 4 is 65.3 Å². The molecule has 1 saturated heterocycles. The molecule has 1 aliphatic heterocycles. The van der Waals surface area contributed by atoms with E-state index in [1.54, 1.807) is 0 Å². The zero-order valence-corrected chi connectivity index (χ0v) is 13.4. The van der Waals surface area contributed by atoms with Gasteiger partial charge in [-0.3, -0.25) is 24.3 Å². The number of anilines is 1. The number of nitrogen functional groups attached to an aromatic ring is 1. The molecule has 0 spiro atoms. The number of aromatic nitrogens is 2. The lowest BCUT2D eigenvalue weighted by Crippen LogP contribution is -2.66. The van der Waals surface area contributed by atoms with Gasteiger partial charge >= 0.3 is 0 Å². The Hall–Kier alpha value is -2.44. The Morgan fingerprint density at radius 1 is 1.24 bits per heavy atom. The fraction of sp³-hybridized carbons (Fsp3) is 0.286. The van der Waals surface area contributed by atoms with Gasteiger partial charge in [-0.1, -0.05) is 10.7 Å². The Morgan fingerprint density at radius 3 is 2.48 bits per heavy atom. The van der Waals surface area contributed by atoms with E-state index in [0.717, 1.165) is 4.57 Å². The van der Waals surface area contributed by atoms with Gasteiger partial charge in [0.25, 0.3) is 5.56 Å². The highest BCUT2D eigenvalue weighted by Crippen LogP contribution is 2.42. The van der Waals surface area contributed by atoms with Crippen LogP contribution in [0.5, 0.6) is 0 Å². The lowest BCUT2D eigenvalue weighted by molar-refractivity contribution is -0.138. The average Bonchev–Trinajstić information content (AvgIpc) is 2.43. The second kappa shape index (κ2) is 5.28. The van der Waals surface area contributed by atoms with Gasteiger partial charge in [-0.2, -0.15) is 0 Å². The van der Waals surface area contributed by atoms with Crippen molar-refractivity contribution in [3.63, 3.8) is 0 Å². The number of fused-ring (bicyclic) bond motifs is 1.